The molecule has 0 radical (unpaired) electrons. The Bertz CT molecular complexity index is 763. The molecule has 110 valence electrons. The second-order valence-electron chi connectivity index (χ2n) is 4.79. The highest BCUT2D eigenvalue weighted by Crippen LogP contribution is 2.37. The van der Waals surface area contributed by atoms with Crippen LogP contribution in [0.1, 0.15) is 17.2 Å². The van der Waals surface area contributed by atoms with Crippen molar-refractivity contribution in [3.8, 4) is 0 Å². The fourth-order valence-corrected chi connectivity index (χ4v) is 2.43. The van der Waals surface area contributed by atoms with Crippen LogP contribution in [0.5, 0.6) is 0 Å². The summed E-state index contributed by atoms with van der Waals surface area (Å²) in [5.74, 6) is -2.06. The number of aliphatic hydroxyl groups excluding tert-OH is 1. The molecule has 1 fully saturated rings. The van der Waals surface area contributed by atoms with Crippen LogP contribution in [0.3, 0.4) is 0 Å². The first-order valence-electron chi connectivity index (χ1n) is 6.57. The van der Waals surface area contributed by atoms with E-state index >= 15 is 0 Å². The standard InChI is InChI=1S/C17H11ClO4/c18-12-8-6-11(7-9-12)16-13(15(20)17(21)22-16)14(19)10-4-2-1-3-5-10/h1-9,16,19H/t16-/m0/s1. The number of benzene rings is 2. The molecule has 1 saturated heterocycles. The lowest BCUT2D eigenvalue weighted by Crippen LogP contribution is -2.08. The van der Waals surface area contributed by atoms with E-state index in [0.29, 0.717) is 16.1 Å². The highest BCUT2D eigenvalue weighted by Gasteiger charge is 2.42. The molecule has 0 amide bonds. The average Bonchev–Trinajstić information content (AvgIpc) is 2.84. The minimum Gasteiger partial charge on any atom is -0.507 e. The van der Waals surface area contributed by atoms with E-state index in [9.17, 15) is 14.7 Å². The van der Waals surface area contributed by atoms with Crippen LogP contribution in [0.15, 0.2) is 60.2 Å². The molecule has 1 aliphatic heterocycles. The van der Waals surface area contributed by atoms with Crippen LogP contribution in [-0.2, 0) is 14.3 Å². The van der Waals surface area contributed by atoms with Crippen LogP contribution < -0.4 is 0 Å². The van der Waals surface area contributed by atoms with Crippen LogP contribution in [-0.4, -0.2) is 16.9 Å². The molecule has 4 nitrogen and oxygen atoms in total. The summed E-state index contributed by atoms with van der Waals surface area (Å²) in [7, 11) is 0. The minimum atomic E-state index is -0.975. The molecule has 0 saturated carbocycles. The van der Waals surface area contributed by atoms with Crippen molar-refractivity contribution in [2.45, 2.75) is 6.10 Å². The SMILES string of the molecule is O=C1O[C@@H](c2ccc(Cl)cc2)C(=C(O)c2ccccc2)C1=O. The van der Waals surface area contributed by atoms with E-state index < -0.39 is 17.9 Å². The number of halogens is 1. The number of hydrogen-bond donors (Lipinski definition) is 1. The van der Waals surface area contributed by atoms with Crippen LogP contribution >= 0.6 is 11.6 Å². The van der Waals surface area contributed by atoms with Gasteiger partial charge in [-0.2, -0.15) is 0 Å². The molecule has 2 aromatic rings. The third-order valence-electron chi connectivity index (χ3n) is 3.39. The smallest absolute Gasteiger partial charge is 0.380 e. The maximum Gasteiger partial charge on any atom is 0.380 e. The highest BCUT2D eigenvalue weighted by molar-refractivity contribution is 6.44. The first kappa shape index (κ1) is 14.4. The molecule has 0 bridgehead atoms. The fraction of sp³-hybridized carbons (Fsp3) is 0.0588. The second-order valence-corrected chi connectivity index (χ2v) is 5.23. The summed E-state index contributed by atoms with van der Waals surface area (Å²) in [5.41, 5.74) is 0.961. The lowest BCUT2D eigenvalue weighted by molar-refractivity contribution is -0.149. The van der Waals surface area contributed by atoms with Gasteiger partial charge in [-0.05, 0) is 17.7 Å². The third-order valence-corrected chi connectivity index (χ3v) is 3.64. The van der Waals surface area contributed by atoms with Crippen LogP contribution in [0.2, 0.25) is 5.02 Å². The van der Waals surface area contributed by atoms with Crippen molar-refractivity contribution in [1.29, 1.82) is 0 Å². The van der Waals surface area contributed by atoms with E-state index in [1.54, 1.807) is 54.6 Å². The Morgan fingerprint density at radius 1 is 1.00 bits per heavy atom. The number of esters is 1. The summed E-state index contributed by atoms with van der Waals surface area (Å²) in [5, 5.41) is 10.9. The predicted octanol–water partition coefficient (Wildman–Crippen LogP) is 3.48. The quantitative estimate of drug-likeness (QED) is 0.399. The molecule has 5 heteroatoms. The molecule has 0 unspecified atom stereocenters. The monoisotopic (exact) mass is 314 g/mol. The molecule has 1 atom stereocenters. The van der Waals surface area contributed by atoms with Gasteiger partial charge in [0.15, 0.2) is 6.10 Å². The number of Topliss-reactive ketones (excluding diaryl/α,β-unsaturated/α-hetero) is 1. The van der Waals surface area contributed by atoms with Crippen LogP contribution in [0.4, 0.5) is 0 Å². The molecule has 3 rings (SSSR count). The van der Waals surface area contributed by atoms with Gasteiger partial charge in [-0.3, -0.25) is 4.79 Å². The van der Waals surface area contributed by atoms with Crippen molar-refractivity contribution < 1.29 is 19.4 Å². The molecular formula is C17H11ClO4. The van der Waals surface area contributed by atoms with Gasteiger partial charge in [0.2, 0.25) is 0 Å². The lowest BCUT2D eigenvalue weighted by atomic mass is 9.97. The molecule has 1 heterocycles. The van der Waals surface area contributed by atoms with E-state index in [-0.39, 0.29) is 11.3 Å². The highest BCUT2D eigenvalue weighted by atomic mass is 35.5. The van der Waals surface area contributed by atoms with E-state index in [1.807, 2.05) is 0 Å². The zero-order chi connectivity index (χ0) is 15.7. The second kappa shape index (κ2) is 5.66. The van der Waals surface area contributed by atoms with Gasteiger partial charge >= 0.3 is 5.97 Å². The normalized spacial score (nSPS) is 20.0. The fourth-order valence-electron chi connectivity index (χ4n) is 2.30. The Hall–Kier alpha value is -2.59. The number of ether oxygens (including phenoxy) is 1. The molecule has 1 aliphatic rings. The number of hydrogen-bond acceptors (Lipinski definition) is 4. The van der Waals surface area contributed by atoms with Crippen molar-refractivity contribution in [3.05, 3.63) is 76.3 Å². The molecule has 1 N–H and O–H groups in total. The van der Waals surface area contributed by atoms with Crippen molar-refractivity contribution >= 4 is 29.1 Å². The number of cyclic esters (lactones) is 1. The van der Waals surface area contributed by atoms with Gasteiger partial charge in [-0.1, -0.05) is 54.1 Å². The zero-order valence-electron chi connectivity index (χ0n) is 11.3. The average molecular weight is 315 g/mol. The molecular weight excluding hydrogens is 304 g/mol. The first-order chi connectivity index (χ1) is 10.6. The van der Waals surface area contributed by atoms with Crippen molar-refractivity contribution in [2.75, 3.05) is 0 Å². The summed E-state index contributed by atoms with van der Waals surface area (Å²) >= 11 is 5.83. The Morgan fingerprint density at radius 3 is 2.27 bits per heavy atom. The topological polar surface area (TPSA) is 63.6 Å². The van der Waals surface area contributed by atoms with E-state index in [0.717, 1.165) is 0 Å². The van der Waals surface area contributed by atoms with Gasteiger partial charge in [0.1, 0.15) is 5.76 Å². The number of ketones is 1. The summed E-state index contributed by atoms with van der Waals surface area (Å²) in [6.45, 7) is 0. The Kier molecular flexibility index (Phi) is 3.69. The Morgan fingerprint density at radius 2 is 1.64 bits per heavy atom. The van der Waals surface area contributed by atoms with Crippen LogP contribution in [0, 0.1) is 0 Å². The Labute approximate surface area is 131 Å². The van der Waals surface area contributed by atoms with E-state index in [4.69, 9.17) is 16.3 Å². The van der Waals surface area contributed by atoms with Gasteiger partial charge in [-0.15, -0.1) is 0 Å². The maximum atomic E-state index is 12.1. The molecule has 22 heavy (non-hydrogen) atoms. The van der Waals surface area contributed by atoms with Crippen molar-refractivity contribution in [3.63, 3.8) is 0 Å². The van der Waals surface area contributed by atoms with E-state index in [1.165, 1.54) is 0 Å². The van der Waals surface area contributed by atoms with Gasteiger partial charge in [-0.25, -0.2) is 4.79 Å². The molecule has 2 aromatic carbocycles. The Balaban J connectivity index is 2.11. The largest absolute Gasteiger partial charge is 0.507 e. The molecule has 0 aliphatic carbocycles. The summed E-state index contributed by atoms with van der Waals surface area (Å²) in [6, 6.07) is 15.1. The predicted molar refractivity (Wildman–Crippen MR) is 81.3 cm³/mol. The summed E-state index contributed by atoms with van der Waals surface area (Å²) in [4.78, 5) is 23.7. The molecule has 0 aromatic heterocycles. The lowest BCUT2D eigenvalue weighted by Gasteiger charge is -2.12. The van der Waals surface area contributed by atoms with Crippen molar-refractivity contribution in [2.24, 2.45) is 0 Å². The van der Waals surface area contributed by atoms with Gasteiger partial charge in [0.25, 0.3) is 5.78 Å². The number of rotatable bonds is 2. The van der Waals surface area contributed by atoms with Crippen LogP contribution in [0.25, 0.3) is 5.76 Å². The van der Waals surface area contributed by atoms with Gasteiger partial charge in [0.05, 0.1) is 5.57 Å². The minimum absolute atomic E-state index is 0.0569. The number of carbonyl (C=O) groups is 2. The van der Waals surface area contributed by atoms with Gasteiger partial charge in [0, 0.05) is 10.6 Å². The summed E-state index contributed by atoms with van der Waals surface area (Å²) in [6.07, 6.45) is -0.933. The summed E-state index contributed by atoms with van der Waals surface area (Å²) < 4.78 is 5.11. The maximum absolute atomic E-state index is 12.1. The molecule has 0 spiro atoms. The zero-order valence-corrected chi connectivity index (χ0v) is 12.1. The van der Waals surface area contributed by atoms with E-state index in [2.05, 4.69) is 0 Å². The van der Waals surface area contributed by atoms with Gasteiger partial charge < -0.3 is 9.84 Å². The number of aliphatic hydroxyl groups is 1. The third kappa shape index (κ3) is 2.49. The number of carbonyl (C=O) groups excluding carboxylic acids is 2. The first-order valence-corrected chi connectivity index (χ1v) is 6.95. The van der Waals surface area contributed by atoms with Crippen molar-refractivity contribution in [1.82, 2.24) is 0 Å².